The quantitative estimate of drug-likeness (QED) is 0.172. The fraction of sp³-hybridized carbons (Fsp3) is 0.0612. The Morgan fingerprint density at radius 2 is 1.00 bits per heavy atom. The summed E-state index contributed by atoms with van der Waals surface area (Å²) in [6.07, 6.45) is 0. The van der Waals surface area contributed by atoms with E-state index in [-0.39, 0.29) is 0 Å². The molecule has 7 aromatic carbocycles. The Kier molecular flexibility index (Phi) is 8.33. The molecule has 0 aliphatic carbocycles. The van der Waals surface area contributed by atoms with Gasteiger partial charge in [0.05, 0.1) is 11.6 Å². The molecule has 9 rings (SSSR count). The molecule has 1 aromatic heterocycles. The van der Waals surface area contributed by atoms with Crippen LogP contribution in [-0.4, -0.2) is 15.0 Å². The predicted molar refractivity (Wildman–Crippen MR) is 216 cm³/mol. The van der Waals surface area contributed by atoms with Crippen LogP contribution in [0.15, 0.2) is 164 Å². The van der Waals surface area contributed by atoms with Gasteiger partial charge in [0.1, 0.15) is 17.2 Å². The molecule has 0 saturated heterocycles. The highest BCUT2D eigenvalue weighted by atomic mass is 19.1. The minimum Gasteiger partial charge on any atom is -0.482 e. The van der Waals surface area contributed by atoms with Gasteiger partial charge in [-0.05, 0) is 95.3 Å². The van der Waals surface area contributed by atoms with Gasteiger partial charge in [0.2, 0.25) is 0 Å². The van der Waals surface area contributed by atoms with Crippen molar-refractivity contribution in [2.24, 2.45) is 0 Å². The SMILES string of the molecule is CC1(C)Oc2cc(-c3cc(F)cc(-c4nc(-c5ccc(-c6ccccc6)cc5)nc(-c5cccc(-c6ccc(C#N)cc6)c5)n4)c3)ccc2-c2ccccc21. The van der Waals surface area contributed by atoms with Crippen LogP contribution in [0.4, 0.5) is 4.39 Å². The first kappa shape index (κ1) is 33.6. The Balaban J connectivity index is 1.15. The summed E-state index contributed by atoms with van der Waals surface area (Å²) < 4.78 is 22.2. The van der Waals surface area contributed by atoms with Crippen molar-refractivity contribution >= 4 is 0 Å². The second-order valence-corrected chi connectivity index (χ2v) is 14.1. The monoisotopic (exact) mass is 712 g/mol. The predicted octanol–water partition coefficient (Wildman–Crippen LogP) is 12.2. The number of rotatable bonds is 6. The van der Waals surface area contributed by atoms with Crippen LogP contribution in [0.2, 0.25) is 0 Å². The molecule has 0 radical (unpaired) electrons. The molecule has 0 saturated carbocycles. The first-order valence-corrected chi connectivity index (χ1v) is 18.1. The molecule has 6 heteroatoms. The van der Waals surface area contributed by atoms with E-state index in [0.29, 0.717) is 34.2 Å². The number of ether oxygens (including phenoxy) is 1. The largest absolute Gasteiger partial charge is 0.482 e. The second-order valence-electron chi connectivity index (χ2n) is 14.1. The Hall–Kier alpha value is -7.23. The van der Waals surface area contributed by atoms with Gasteiger partial charge in [-0.1, -0.05) is 121 Å². The Bertz CT molecular complexity index is 2770. The molecule has 1 aliphatic rings. The van der Waals surface area contributed by atoms with Gasteiger partial charge in [0.25, 0.3) is 0 Å². The highest BCUT2D eigenvalue weighted by Crippen LogP contribution is 2.46. The summed E-state index contributed by atoms with van der Waals surface area (Å²) in [5, 5.41) is 9.30. The van der Waals surface area contributed by atoms with Crippen molar-refractivity contribution in [3.63, 3.8) is 0 Å². The van der Waals surface area contributed by atoms with E-state index >= 15 is 4.39 Å². The third-order valence-corrected chi connectivity index (χ3v) is 10.1. The van der Waals surface area contributed by atoms with Gasteiger partial charge in [0.15, 0.2) is 17.5 Å². The maximum Gasteiger partial charge on any atom is 0.164 e. The summed E-state index contributed by atoms with van der Waals surface area (Å²) in [7, 11) is 0. The lowest BCUT2D eigenvalue weighted by molar-refractivity contribution is 0.106. The molecular formula is C49H33FN4O. The molecule has 0 spiro atoms. The maximum absolute atomic E-state index is 15.7. The van der Waals surface area contributed by atoms with Crippen LogP contribution in [0.25, 0.3) is 78.7 Å². The number of fused-ring (bicyclic) bond motifs is 3. The first-order chi connectivity index (χ1) is 26.8. The standard InChI is InChI=1S/C49H33FN4O/c1-49(2)44-14-7-6-13-42(44)43-24-23-37(29-45(43)55-49)39-26-40(28-41(50)27-39)48-53-46(35-21-19-33(20-22-35)32-9-4-3-5-10-32)52-47(54-48)38-12-8-11-36(25-38)34-17-15-31(30-51)16-18-34/h3-29H,1-2H3. The average molecular weight is 713 g/mol. The molecule has 1 aliphatic heterocycles. The van der Waals surface area contributed by atoms with Gasteiger partial charge in [-0.15, -0.1) is 0 Å². The summed E-state index contributed by atoms with van der Waals surface area (Å²) in [5.74, 6) is 1.61. The Labute approximate surface area is 319 Å². The van der Waals surface area contributed by atoms with Gasteiger partial charge in [-0.25, -0.2) is 19.3 Å². The number of aromatic nitrogens is 3. The fourth-order valence-corrected chi connectivity index (χ4v) is 7.25. The molecule has 0 atom stereocenters. The van der Waals surface area contributed by atoms with E-state index in [0.717, 1.165) is 61.4 Å². The van der Waals surface area contributed by atoms with Crippen LogP contribution in [0.3, 0.4) is 0 Å². The molecule has 55 heavy (non-hydrogen) atoms. The highest BCUT2D eigenvalue weighted by molar-refractivity contribution is 5.82. The Morgan fingerprint density at radius 3 is 1.76 bits per heavy atom. The minimum absolute atomic E-state index is 0.348. The number of benzene rings is 7. The third-order valence-electron chi connectivity index (χ3n) is 10.1. The van der Waals surface area contributed by atoms with E-state index < -0.39 is 11.4 Å². The molecule has 5 nitrogen and oxygen atoms in total. The van der Waals surface area contributed by atoms with Gasteiger partial charge in [0, 0.05) is 27.8 Å². The van der Waals surface area contributed by atoms with Crippen molar-refractivity contribution < 1.29 is 9.13 Å². The normalized spacial score (nSPS) is 12.5. The molecule has 0 bridgehead atoms. The second kappa shape index (κ2) is 13.6. The molecule has 0 unspecified atom stereocenters. The third kappa shape index (κ3) is 6.53. The van der Waals surface area contributed by atoms with Gasteiger partial charge < -0.3 is 4.74 Å². The van der Waals surface area contributed by atoms with Crippen LogP contribution in [-0.2, 0) is 5.60 Å². The molecular weight excluding hydrogens is 680 g/mol. The summed E-state index contributed by atoms with van der Waals surface area (Å²) in [6, 6.07) is 55.1. The minimum atomic E-state index is -0.524. The first-order valence-electron chi connectivity index (χ1n) is 18.1. The number of hydrogen-bond donors (Lipinski definition) is 0. The van der Waals surface area contributed by atoms with Crippen molar-refractivity contribution in [1.29, 1.82) is 5.26 Å². The summed E-state index contributed by atoms with van der Waals surface area (Å²) >= 11 is 0. The molecule has 8 aromatic rings. The van der Waals surface area contributed by atoms with Crippen molar-refractivity contribution in [3.05, 3.63) is 181 Å². The van der Waals surface area contributed by atoms with Crippen LogP contribution in [0, 0.1) is 17.1 Å². The summed E-state index contributed by atoms with van der Waals surface area (Å²) in [6.45, 7) is 4.12. The van der Waals surface area contributed by atoms with E-state index in [1.54, 1.807) is 12.1 Å². The topological polar surface area (TPSA) is 71.7 Å². The lowest BCUT2D eigenvalue weighted by Crippen LogP contribution is -2.29. The van der Waals surface area contributed by atoms with E-state index in [4.69, 9.17) is 19.7 Å². The molecule has 0 amide bonds. The zero-order valence-corrected chi connectivity index (χ0v) is 30.2. The van der Waals surface area contributed by atoms with Crippen molar-refractivity contribution in [2.75, 3.05) is 0 Å². The number of nitrogens with zero attached hydrogens (tertiary/aromatic N) is 4. The van der Waals surface area contributed by atoms with E-state index in [1.807, 2.05) is 103 Å². The zero-order valence-electron chi connectivity index (χ0n) is 30.2. The van der Waals surface area contributed by atoms with Gasteiger partial charge >= 0.3 is 0 Å². The maximum atomic E-state index is 15.7. The van der Waals surface area contributed by atoms with Crippen LogP contribution in [0.5, 0.6) is 5.75 Å². The molecule has 262 valence electrons. The number of hydrogen-bond acceptors (Lipinski definition) is 5. The van der Waals surface area contributed by atoms with Crippen LogP contribution >= 0.6 is 0 Å². The van der Waals surface area contributed by atoms with Crippen molar-refractivity contribution in [1.82, 2.24) is 15.0 Å². The summed E-state index contributed by atoms with van der Waals surface area (Å²) in [5.41, 5.74) is 11.0. The molecule has 0 N–H and O–H groups in total. The zero-order chi connectivity index (χ0) is 37.5. The van der Waals surface area contributed by atoms with E-state index in [2.05, 4.69) is 56.3 Å². The highest BCUT2D eigenvalue weighted by Gasteiger charge is 2.32. The lowest BCUT2D eigenvalue weighted by atomic mass is 9.85. The van der Waals surface area contributed by atoms with Gasteiger partial charge in [-0.3, -0.25) is 0 Å². The summed E-state index contributed by atoms with van der Waals surface area (Å²) in [4.78, 5) is 14.9. The van der Waals surface area contributed by atoms with Gasteiger partial charge in [-0.2, -0.15) is 5.26 Å². The Morgan fingerprint density at radius 1 is 0.473 bits per heavy atom. The molecule has 2 heterocycles. The van der Waals surface area contributed by atoms with E-state index in [1.165, 1.54) is 12.1 Å². The fourth-order valence-electron chi connectivity index (χ4n) is 7.25. The van der Waals surface area contributed by atoms with Crippen molar-refractivity contribution in [3.8, 4) is 90.5 Å². The van der Waals surface area contributed by atoms with Crippen LogP contribution < -0.4 is 4.74 Å². The lowest BCUT2D eigenvalue weighted by Gasteiger charge is -2.35. The average Bonchev–Trinajstić information content (AvgIpc) is 3.23. The number of nitriles is 1. The molecule has 0 fully saturated rings. The smallest absolute Gasteiger partial charge is 0.164 e. The number of halogens is 1. The van der Waals surface area contributed by atoms with E-state index in [9.17, 15) is 5.26 Å². The van der Waals surface area contributed by atoms with Crippen molar-refractivity contribution in [2.45, 2.75) is 19.4 Å². The van der Waals surface area contributed by atoms with Crippen LogP contribution in [0.1, 0.15) is 25.0 Å².